The molecule has 0 unspecified atom stereocenters. The summed E-state index contributed by atoms with van der Waals surface area (Å²) in [6, 6.07) is 7.16. The van der Waals surface area contributed by atoms with Crippen LogP contribution in [0.5, 0.6) is 0 Å². The highest BCUT2D eigenvalue weighted by Crippen LogP contribution is 2.37. The molecule has 1 aliphatic rings. The van der Waals surface area contributed by atoms with Crippen molar-refractivity contribution in [3.05, 3.63) is 70.6 Å². The number of amides is 3. The van der Waals surface area contributed by atoms with Crippen molar-refractivity contribution >= 4 is 29.2 Å². The van der Waals surface area contributed by atoms with Crippen molar-refractivity contribution in [2.75, 3.05) is 11.9 Å². The number of nitrogens with zero attached hydrogens (tertiary/aromatic N) is 3. The minimum Gasteiger partial charge on any atom is -0.365 e. The summed E-state index contributed by atoms with van der Waals surface area (Å²) < 4.78 is 40.0. The Balaban J connectivity index is 1.59. The molecular formula is C21H17ClF3N5O2. The molecule has 7 nitrogen and oxygen atoms in total. The van der Waals surface area contributed by atoms with E-state index in [1.165, 1.54) is 17.0 Å². The van der Waals surface area contributed by atoms with E-state index in [0.29, 0.717) is 23.5 Å². The van der Waals surface area contributed by atoms with Crippen LogP contribution in [0.15, 0.2) is 48.8 Å². The molecule has 32 heavy (non-hydrogen) atoms. The van der Waals surface area contributed by atoms with Gasteiger partial charge < -0.3 is 20.5 Å². The summed E-state index contributed by atoms with van der Waals surface area (Å²) in [6.45, 7) is 0.674. The fourth-order valence-electron chi connectivity index (χ4n) is 3.68. The Morgan fingerprint density at radius 3 is 2.44 bits per heavy atom. The molecule has 3 amide bonds. The first-order valence-corrected chi connectivity index (χ1v) is 9.89. The van der Waals surface area contributed by atoms with Crippen molar-refractivity contribution in [1.29, 1.82) is 0 Å². The average Bonchev–Trinajstić information content (AvgIpc) is 3.05. The number of hydrogen-bond donors (Lipinski definition) is 2. The van der Waals surface area contributed by atoms with E-state index in [0.717, 1.165) is 12.1 Å². The van der Waals surface area contributed by atoms with Gasteiger partial charge in [0.1, 0.15) is 0 Å². The quantitative estimate of drug-likeness (QED) is 0.604. The van der Waals surface area contributed by atoms with Crippen molar-refractivity contribution < 1.29 is 22.8 Å². The third kappa shape index (κ3) is 4.01. The summed E-state index contributed by atoms with van der Waals surface area (Å²) in [5, 5.41) is 2.76. The maximum absolute atomic E-state index is 12.7. The number of hydrogen-bond acceptors (Lipinski definition) is 3. The van der Waals surface area contributed by atoms with E-state index in [9.17, 15) is 22.8 Å². The third-order valence-corrected chi connectivity index (χ3v) is 5.55. The summed E-state index contributed by atoms with van der Waals surface area (Å²) in [5.74, 6) is -0.723. The molecule has 1 aliphatic heterocycles. The first-order valence-electron chi connectivity index (χ1n) is 9.51. The molecule has 3 N–H and O–H groups in total. The van der Waals surface area contributed by atoms with Gasteiger partial charge in [-0.1, -0.05) is 11.6 Å². The number of nitrogens with two attached hydrogens (primary N) is 1. The molecule has 0 bridgehead atoms. The van der Waals surface area contributed by atoms with Crippen LogP contribution in [0.25, 0.3) is 11.3 Å². The van der Waals surface area contributed by atoms with E-state index in [1.54, 1.807) is 24.5 Å². The van der Waals surface area contributed by atoms with E-state index in [-0.39, 0.29) is 29.4 Å². The second-order valence-electron chi connectivity index (χ2n) is 7.17. The van der Waals surface area contributed by atoms with Gasteiger partial charge in [-0.05, 0) is 36.4 Å². The number of benzene rings is 1. The Labute approximate surface area is 185 Å². The highest BCUT2D eigenvalue weighted by molar-refractivity contribution is 6.36. The first kappa shape index (κ1) is 21.7. The lowest BCUT2D eigenvalue weighted by molar-refractivity contribution is -0.137. The number of rotatable bonds is 3. The molecule has 11 heteroatoms. The number of carbonyl (C=O) groups is 2. The van der Waals surface area contributed by atoms with E-state index >= 15 is 0 Å². The van der Waals surface area contributed by atoms with Crippen LogP contribution in [-0.2, 0) is 19.3 Å². The molecule has 4 rings (SSSR count). The van der Waals surface area contributed by atoms with Crippen LogP contribution in [0.4, 0.5) is 23.7 Å². The number of anilines is 1. The highest BCUT2D eigenvalue weighted by atomic mass is 35.5. The van der Waals surface area contributed by atoms with Crippen LogP contribution in [0.3, 0.4) is 0 Å². The minimum atomic E-state index is -4.46. The Bertz CT molecular complexity index is 1180. The Hall–Kier alpha value is -3.53. The van der Waals surface area contributed by atoms with Gasteiger partial charge in [-0.3, -0.25) is 9.78 Å². The molecule has 1 aromatic carbocycles. The molecular weight excluding hydrogens is 447 g/mol. The van der Waals surface area contributed by atoms with Gasteiger partial charge in [0, 0.05) is 36.7 Å². The number of primary amides is 1. The number of urea groups is 1. The molecule has 0 atom stereocenters. The smallest absolute Gasteiger partial charge is 0.365 e. The molecule has 0 spiro atoms. The summed E-state index contributed by atoms with van der Waals surface area (Å²) >= 11 is 6.50. The molecule has 0 aliphatic carbocycles. The fourth-order valence-corrected chi connectivity index (χ4v) is 4.09. The number of carbonyl (C=O) groups excluding carboxylic acids is 2. The highest BCUT2D eigenvalue weighted by Gasteiger charge is 2.32. The normalized spacial score (nSPS) is 13.6. The zero-order valence-corrected chi connectivity index (χ0v) is 17.2. The standard InChI is InChI=1S/C21H17ClF3N5O2/c22-17-16(19(26)31)15-11-29(8-9-30(15)18(17)12-2-1-7-27-10-12)20(32)28-14-5-3-13(4-6-14)21(23,24)25/h1-7,10H,8-9,11H2,(H2,26,31)(H,28,32). The van der Waals surface area contributed by atoms with E-state index in [1.807, 2.05) is 4.57 Å². The number of nitrogens with one attached hydrogen (secondary N) is 1. The maximum atomic E-state index is 12.7. The van der Waals surface area contributed by atoms with Crippen LogP contribution in [0.1, 0.15) is 21.6 Å². The lowest BCUT2D eigenvalue weighted by atomic mass is 10.1. The van der Waals surface area contributed by atoms with Crippen LogP contribution in [0, 0.1) is 0 Å². The van der Waals surface area contributed by atoms with Gasteiger partial charge in [-0.2, -0.15) is 13.2 Å². The predicted octanol–water partition coefficient (Wildman–Crippen LogP) is 4.37. The molecule has 2 aromatic heterocycles. The van der Waals surface area contributed by atoms with Gasteiger partial charge in [0.2, 0.25) is 0 Å². The second-order valence-corrected chi connectivity index (χ2v) is 7.55. The Morgan fingerprint density at radius 2 is 1.84 bits per heavy atom. The van der Waals surface area contributed by atoms with Crippen molar-refractivity contribution in [1.82, 2.24) is 14.5 Å². The summed E-state index contributed by atoms with van der Waals surface area (Å²) in [4.78, 5) is 30.4. The molecule has 0 saturated heterocycles. The molecule has 3 aromatic rings. The number of alkyl halides is 3. The van der Waals surface area contributed by atoms with Crippen molar-refractivity contribution in [3.63, 3.8) is 0 Å². The fraction of sp³-hybridized carbons (Fsp3) is 0.190. The number of pyridine rings is 1. The van der Waals surface area contributed by atoms with Gasteiger partial charge in [0.25, 0.3) is 5.91 Å². The van der Waals surface area contributed by atoms with E-state index in [4.69, 9.17) is 17.3 Å². The van der Waals surface area contributed by atoms with Gasteiger partial charge in [0.05, 0.1) is 34.1 Å². The predicted molar refractivity (Wildman–Crippen MR) is 112 cm³/mol. The van der Waals surface area contributed by atoms with Gasteiger partial charge >= 0.3 is 12.2 Å². The molecule has 3 heterocycles. The largest absolute Gasteiger partial charge is 0.416 e. The van der Waals surface area contributed by atoms with Crippen molar-refractivity contribution in [3.8, 4) is 11.3 Å². The zero-order chi connectivity index (χ0) is 23.0. The Kier molecular flexibility index (Phi) is 5.55. The molecule has 0 saturated carbocycles. The topological polar surface area (TPSA) is 93.2 Å². The molecule has 0 fully saturated rings. The monoisotopic (exact) mass is 463 g/mol. The van der Waals surface area contributed by atoms with Crippen LogP contribution < -0.4 is 11.1 Å². The van der Waals surface area contributed by atoms with Crippen molar-refractivity contribution in [2.24, 2.45) is 5.73 Å². The van der Waals surface area contributed by atoms with Crippen LogP contribution in [0.2, 0.25) is 5.02 Å². The summed E-state index contributed by atoms with van der Waals surface area (Å²) in [7, 11) is 0. The SMILES string of the molecule is NC(=O)c1c(Cl)c(-c2cccnc2)n2c1CN(C(=O)Nc1ccc(C(F)(F)F)cc1)CC2. The number of fused-ring (bicyclic) bond motifs is 1. The lowest BCUT2D eigenvalue weighted by Gasteiger charge is -2.30. The van der Waals surface area contributed by atoms with Gasteiger partial charge in [-0.25, -0.2) is 4.79 Å². The molecule has 166 valence electrons. The first-order chi connectivity index (χ1) is 15.2. The lowest BCUT2D eigenvalue weighted by Crippen LogP contribution is -2.41. The van der Waals surface area contributed by atoms with Gasteiger partial charge in [0.15, 0.2) is 0 Å². The Morgan fingerprint density at radius 1 is 1.12 bits per heavy atom. The van der Waals surface area contributed by atoms with Gasteiger partial charge in [-0.15, -0.1) is 0 Å². The third-order valence-electron chi connectivity index (χ3n) is 5.18. The van der Waals surface area contributed by atoms with Crippen molar-refractivity contribution in [2.45, 2.75) is 19.3 Å². The zero-order valence-electron chi connectivity index (χ0n) is 16.5. The van der Waals surface area contributed by atoms with E-state index in [2.05, 4.69) is 10.3 Å². The van der Waals surface area contributed by atoms with Crippen LogP contribution in [-0.4, -0.2) is 32.9 Å². The van der Waals surface area contributed by atoms with Crippen LogP contribution >= 0.6 is 11.6 Å². The maximum Gasteiger partial charge on any atom is 0.416 e. The summed E-state index contributed by atoms with van der Waals surface area (Å²) in [5.41, 5.74) is 6.86. The average molecular weight is 464 g/mol. The second kappa shape index (κ2) is 8.19. The number of aromatic nitrogens is 2. The summed E-state index contributed by atoms with van der Waals surface area (Å²) in [6.07, 6.45) is -1.24. The minimum absolute atomic E-state index is 0.0464. The van der Waals surface area contributed by atoms with E-state index < -0.39 is 23.7 Å². The molecule has 0 radical (unpaired) electrons. The number of halogens is 4.